The maximum atomic E-state index is 12.8. The smallest absolute Gasteiger partial charge is 0.349 e. The Morgan fingerprint density at radius 1 is 0.675 bits per heavy atom. The molecular weight excluding hydrogens is 1050 g/mol. The number of fused-ring (bicyclic) bond motifs is 1. The minimum Gasteiger partial charge on any atom is -0.508 e. The van der Waals surface area contributed by atoms with Gasteiger partial charge in [0.05, 0.1) is 79.3 Å². The molecule has 4 aromatic rings. The SMILES string of the molecule is CC(=O)Nc1nc(N(CCC(=O)NCCCOCCOCCOCCCNC(=O)c2cc3ccc(OCC(=O)NCCOCCOCCOCCOCCC(=O)NCCc4ccc(O)cc4)cc3oc2=O)S(=O)O)c(C)s1. The van der Waals surface area contributed by atoms with E-state index in [1.165, 1.54) is 19.1 Å². The lowest BCUT2D eigenvalue weighted by molar-refractivity contribution is -0.123. The summed E-state index contributed by atoms with van der Waals surface area (Å²) in [5.74, 6) is -0.967. The molecule has 426 valence electrons. The molecule has 0 saturated heterocycles. The van der Waals surface area contributed by atoms with Crippen molar-refractivity contribution in [3.63, 3.8) is 0 Å². The predicted octanol–water partition coefficient (Wildman–Crippen LogP) is 2.24. The van der Waals surface area contributed by atoms with Crippen molar-refractivity contribution in [2.45, 2.75) is 46.0 Å². The zero-order chi connectivity index (χ0) is 55.5. The van der Waals surface area contributed by atoms with Crippen LogP contribution in [-0.4, -0.2) is 180 Å². The molecule has 1 unspecified atom stereocenters. The molecule has 2 heterocycles. The van der Waals surface area contributed by atoms with E-state index in [0.717, 1.165) is 21.2 Å². The van der Waals surface area contributed by atoms with E-state index in [1.807, 2.05) is 12.1 Å². The summed E-state index contributed by atoms with van der Waals surface area (Å²) in [6.07, 6.45) is 1.92. The van der Waals surface area contributed by atoms with E-state index in [1.54, 1.807) is 31.2 Å². The number of nitrogens with one attached hydrogen (secondary N) is 5. The second-order valence-corrected chi connectivity index (χ2v) is 18.7. The summed E-state index contributed by atoms with van der Waals surface area (Å²) in [4.78, 5) is 78.1. The van der Waals surface area contributed by atoms with Gasteiger partial charge < -0.3 is 74.0 Å². The van der Waals surface area contributed by atoms with E-state index in [4.69, 9.17) is 42.3 Å². The lowest BCUT2D eigenvalue weighted by Gasteiger charge is -2.18. The summed E-state index contributed by atoms with van der Waals surface area (Å²) >= 11 is -1.25. The van der Waals surface area contributed by atoms with Crippen molar-refractivity contribution in [1.29, 1.82) is 0 Å². The predicted molar refractivity (Wildman–Crippen MR) is 285 cm³/mol. The molecule has 2 aromatic carbocycles. The van der Waals surface area contributed by atoms with Crippen LogP contribution in [0.5, 0.6) is 11.5 Å². The van der Waals surface area contributed by atoms with Crippen LogP contribution in [0.25, 0.3) is 11.0 Å². The van der Waals surface area contributed by atoms with Gasteiger partial charge in [0.2, 0.25) is 17.7 Å². The van der Waals surface area contributed by atoms with Gasteiger partial charge in [-0.05, 0) is 62.1 Å². The molecule has 7 N–H and O–H groups in total. The standard InChI is InChI=1S/C50H71N7O18S2/c1-36-47(56-50(76-36)55-37(2)58)57(77(65)66)18-12-44(60)51-14-3-19-67-23-27-71-28-24-68-20-4-15-54-48(63)42-33-39-7-10-41(34-43(39)75-49(42)64)74-35-46(62)53-17-22-70-26-30-73-32-31-72-29-25-69-21-13-45(61)52-16-11-38-5-8-40(59)9-6-38/h5-10,33-34,59H,3-4,11-32,35H2,1-2H3,(H,51,60)(H,52,61)(H,53,62)(H,54,63)(H,65,66)(H,55,56,58). The summed E-state index contributed by atoms with van der Waals surface area (Å²) in [5.41, 5.74) is 0.222. The third kappa shape index (κ3) is 27.1. The fourth-order valence-corrected chi connectivity index (χ4v) is 8.11. The number of phenols is 1. The van der Waals surface area contributed by atoms with Gasteiger partial charge in [0.1, 0.15) is 22.6 Å². The number of hydrogen-bond acceptors (Lipinski definition) is 19. The van der Waals surface area contributed by atoms with Crippen molar-refractivity contribution in [2.24, 2.45) is 0 Å². The topological polar surface area (TPSA) is 323 Å². The molecular formula is C50H71N7O18S2. The van der Waals surface area contributed by atoms with Crippen molar-refractivity contribution in [3.8, 4) is 11.5 Å². The number of aromatic nitrogens is 1. The van der Waals surface area contributed by atoms with Crippen LogP contribution in [0.1, 0.15) is 53.4 Å². The van der Waals surface area contributed by atoms with Crippen LogP contribution in [0.4, 0.5) is 10.9 Å². The van der Waals surface area contributed by atoms with Gasteiger partial charge in [-0.15, -0.1) is 0 Å². The van der Waals surface area contributed by atoms with E-state index in [9.17, 15) is 42.6 Å². The Hall–Kier alpha value is -6.14. The first kappa shape index (κ1) is 63.4. The van der Waals surface area contributed by atoms with E-state index in [2.05, 4.69) is 31.6 Å². The third-order valence-corrected chi connectivity index (χ3v) is 12.1. The lowest BCUT2D eigenvalue weighted by atomic mass is 10.1. The number of amides is 5. The Bertz CT molecular complexity index is 2500. The molecule has 0 bridgehead atoms. The molecule has 77 heavy (non-hydrogen) atoms. The molecule has 0 aliphatic carbocycles. The van der Waals surface area contributed by atoms with Crippen LogP contribution >= 0.6 is 11.3 Å². The Kier molecular flexibility index (Phi) is 31.0. The first-order valence-corrected chi connectivity index (χ1v) is 26.9. The van der Waals surface area contributed by atoms with Gasteiger partial charge in [0.25, 0.3) is 23.1 Å². The number of anilines is 2. The number of nitrogens with zero attached hydrogens (tertiary/aromatic N) is 2. The van der Waals surface area contributed by atoms with E-state index in [0.29, 0.717) is 139 Å². The molecule has 5 amide bonds. The molecule has 27 heteroatoms. The first-order chi connectivity index (χ1) is 37.3. The molecule has 0 spiro atoms. The van der Waals surface area contributed by atoms with Gasteiger partial charge >= 0.3 is 5.63 Å². The lowest BCUT2D eigenvalue weighted by Crippen LogP contribution is -2.33. The van der Waals surface area contributed by atoms with Crippen molar-refractivity contribution in [1.82, 2.24) is 26.3 Å². The second-order valence-electron chi connectivity index (χ2n) is 16.6. The van der Waals surface area contributed by atoms with E-state index in [-0.39, 0.29) is 92.0 Å². The fraction of sp³-hybridized carbons (Fsp3) is 0.540. The van der Waals surface area contributed by atoms with Crippen LogP contribution in [0, 0.1) is 6.92 Å². The van der Waals surface area contributed by atoms with E-state index >= 15 is 0 Å². The van der Waals surface area contributed by atoms with Gasteiger partial charge in [-0.3, -0.25) is 32.8 Å². The number of thiazole rings is 1. The number of rotatable bonds is 42. The average Bonchev–Trinajstić information content (AvgIpc) is 3.76. The van der Waals surface area contributed by atoms with Crippen LogP contribution in [-0.2, 0) is 70.0 Å². The Labute approximate surface area is 452 Å². The summed E-state index contributed by atoms with van der Waals surface area (Å²) in [7, 11) is 0. The fourth-order valence-electron chi connectivity index (χ4n) is 6.61. The van der Waals surface area contributed by atoms with Crippen LogP contribution in [0.15, 0.2) is 57.7 Å². The molecule has 4 rings (SSSR count). The third-order valence-electron chi connectivity index (χ3n) is 10.5. The summed E-state index contributed by atoms with van der Waals surface area (Å²) in [6.45, 7) is 8.84. The van der Waals surface area contributed by atoms with Crippen molar-refractivity contribution in [2.75, 3.05) is 141 Å². The Morgan fingerprint density at radius 2 is 1.23 bits per heavy atom. The molecule has 0 aliphatic heterocycles. The van der Waals surface area contributed by atoms with Crippen molar-refractivity contribution < 1.29 is 80.2 Å². The summed E-state index contributed by atoms with van der Waals surface area (Å²) in [6, 6.07) is 13.0. The van der Waals surface area contributed by atoms with Crippen LogP contribution < -0.4 is 41.3 Å². The Balaban J connectivity index is 0.911. The maximum Gasteiger partial charge on any atom is 0.349 e. The minimum absolute atomic E-state index is 0.0434. The van der Waals surface area contributed by atoms with Gasteiger partial charge in [-0.1, -0.05) is 23.5 Å². The number of phenolic OH excluding ortho intramolecular Hbond substituents is 1. The van der Waals surface area contributed by atoms with Crippen LogP contribution in [0.3, 0.4) is 0 Å². The van der Waals surface area contributed by atoms with Gasteiger partial charge in [0, 0.05) is 82.0 Å². The van der Waals surface area contributed by atoms with Gasteiger partial charge in [-0.2, -0.15) is 0 Å². The first-order valence-electron chi connectivity index (χ1n) is 25.0. The highest BCUT2D eigenvalue weighted by molar-refractivity contribution is 7.80. The molecule has 0 radical (unpaired) electrons. The number of benzene rings is 2. The summed E-state index contributed by atoms with van der Waals surface area (Å²) in [5, 5.41) is 23.6. The molecule has 1 atom stereocenters. The van der Waals surface area contributed by atoms with E-state index < -0.39 is 22.8 Å². The molecule has 2 aromatic heterocycles. The van der Waals surface area contributed by atoms with Gasteiger partial charge in [0.15, 0.2) is 17.6 Å². The zero-order valence-corrected chi connectivity index (χ0v) is 45.1. The molecule has 0 saturated carbocycles. The van der Waals surface area contributed by atoms with Crippen LogP contribution in [0.2, 0.25) is 0 Å². The quantitative estimate of drug-likeness (QED) is 0.0190. The Morgan fingerprint density at radius 3 is 1.86 bits per heavy atom. The number of carbonyl (C=O) groups excluding carboxylic acids is 5. The van der Waals surface area contributed by atoms with Crippen molar-refractivity contribution >= 4 is 74.1 Å². The number of aromatic hydroxyl groups is 1. The number of carbonyl (C=O) groups is 5. The number of ether oxygens (including phenoxy) is 8. The number of aryl methyl sites for hydroxylation is 1. The highest BCUT2D eigenvalue weighted by Gasteiger charge is 2.21. The monoisotopic (exact) mass is 1120 g/mol. The van der Waals surface area contributed by atoms with Gasteiger partial charge in [-0.25, -0.2) is 14.0 Å². The molecule has 25 nitrogen and oxygen atoms in total. The largest absolute Gasteiger partial charge is 0.508 e. The number of hydrogen-bond donors (Lipinski definition) is 7. The minimum atomic E-state index is -2.41. The average molecular weight is 1120 g/mol. The maximum absolute atomic E-state index is 12.8. The zero-order valence-electron chi connectivity index (χ0n) is 43.4. The normalized spacial score (nSPS) is 11.5. The molecule has 0 aliphatic rings. The highest BCUT2D eigenvalue weighted by atomic mass is 32.2. The summed E-state index contributed by atoms with van der Waals surface area (Å²) < 4.78 is 72.1. The molecule has 0 fully saturated rings. The van der Waals surface area contributed by atoms with Crippen molar-refractivity contribution in [3.05, 3.63) is 75.0 Å². The second kappa shape index (κ2) is 37.6. The highest BCUT2D eigenvalue weighted by Crippen LogP contribution is 2.30.